The number of fused-ring (bicyclic) bond motifs is 9. The molecular weight excluding hydrogens is 705 g/mol. The summed E-state index contributed by atoms with van der Waals surface area (Å²) < 4.78 is 7.27. The highest BCUT2D eigenvalue weighted by molar-refractivity contribution is 6.13. The molecule has 0 radical (unpaired) electrons. The summed E-state index contributed by atoms with van der Waals surface area (Å²) in [6.45, 7) is 4.55. The van der Waals surface area contributed by atoms with Crippen LogP contribution in [-0.2, 0) is 12.8 Å². The van der Waals surface area contributed by atoms with Gasteiger partial charge in [0.25, 0.3) is 0 Å². The number of aromatic amines is 1. The van der Waals surface area contributed by atoms with Crippen molar-refractivity contribution in [3.8, 4) is 28.2 Å². The molecule has 0 saturated carbocycles. The standard InChI is InChI=1S/C54H46N4/c1-3-5-12-36-18-26-50-45(32-36)46-33-37(13-6-4-2)19-27-51(46)57(50)42-25-29-52-48(35-42)43-16-10-11-17-49(43)56(52)40-21-23-41(24-22-40)58-53-28-20-39(38-14-8-7-9-15-38)34-47(53)44-30-31-55-54(44)58/h7-11,14-35,55H,3-6,12-13H2,1-2H3. The number of H-pyrrole nitrogens is 1. The van der Waals surface area contributed by atoms with Gasteiger partial charge in [0, 0.05) is 55.6 Å². The van der Waals surface area contributed by atoms with Crippen LogP contribution in [0.3, 0.4) is 0 Å². The van der Waals surface area contributed by atoms with Crippen LogP contribution in [0.1, 0.15) is 50.7 Å². The molecule has 0 amide bonds. The van der Waals surface area contributed by atoms with Crippen molar-refractivity contribution < 1.29 is 0 Å². The number of para-hydroxylation sites is 1. The summed E-state index contributed by atoms with van der Waals surface area (Å²) in [5.41, 5.74) is 16.0. The molecule has 7 aromatic carbocycles. The summed E-state index contributed by atoms with van der Waals surface area (Å²) in [4.78, 5) is 3.54. The summed E-state index contributed by atoms with van der Waals surface area (Å²) >= 11 is 0. The van der Waals surface area contributed by atoms with Crippen molar-refractivity contribution in [3.05, 3.63) is 175 Å². The highest BCUT2D eigenvalue weighted by atomic mass is 15.1. The summed E-state index contributed by atoms with van der Waals surface area (Å²) in [6, 6.07) is 59.0. The molecule has 0 bridgehead atoms. The highest BCUT2D eigenvalue weighted by Gasteiger charge is 2.19. The van der Waals surface area contributed by atoms with Crippen LogP contribution >= 0.6 is 0 Å². The van der Waals surface area contributed by atoms with Crippen molar-refractivity contribution in [2.75, 3.05) is 0 Å². The third-order valence-electron chi connectivity index (χ3n) is 12.4. The second-order valence-electron chi connectivity index (χ2n) is 16.0. The molecule has 0 atom stereocenters. The van der Waals surface area contributed by atoms with Crippen molar-refractivity contribution in [2.45, 2.75) is 52.4 Å². The fourth-order valence-corrected chi connectivity index (χ4v) is 9.51. The first-order chi connectivity index (χ1) is 28.7. The fourth-order valence-electron chi connectivity index (χ4n) is 9.51. The van der Waals surface area contributed by atoms with E-state index in [1.807, 2.05) is 6.20 Å². The first kappa shape index (κ1) is 34.5. The Morgan fingerprint density at radius 2 is 0.897 bits per heavy atom. The molecule has 4 heterocycles. The third-order valence-corrected chi connectivity index (χ3v) is 12.4. The van der Waals surface area contributed by atoms with E-state index in [0.717, 1.165) is 29.9 Å². The Hall–Kier alpha value is -6.78. The minimum atomic E-state index is 1.11. The Labute approximate surface area is 338 Å². The van der Waals surface area contributed by atoms with Crippen LogP contribution in [0.5, 0.6) is 0 Å². The Balaban J connectivity index is 1.03. The molecule has 1 N–H and O–H groups in total. The molecule has 0 aliphatic carbocycles. The Kier molecular flexibility index (Phi) is 8.32. The van der Waals surface area contributed by atoms with Crippen molar-refractivity contribution in [1.29, 1.82) is 0 Å². The fraction of sp³-hybridized carbons (Fsp3) is 0.148. The van der Waals surface area contributed by atoms with E-state index >= 15 is 0 Å². The normalized spacial score (nSPS) is 12.0. The number of unbranched alkanes of at least 4 members (excludes halogenated alkanes) is 2. The maximum atomic E-state index is 3.54. The van der Waals surface area contributed by atoms with Crippen LogP contribution in [0.25, 0.3) is 93.7 Å². The van der Waals surface area contributed by atoms with Gasteiger partial charge >= 0.3 is 0 Å². The summed E-state index contributed by atoms with van der Waals surface area (Å²) in [5.74, 6) is 0. The molecule has 11 aromatic rings. The first-order valence-corrected chi connectivity index (χ1v) is 21.1. The molecule has 0 aliphatic heterocycles. The van der Waals surface area contributed by atoms with E-state index in [2.05, 4.69) is 190 Å². The molecule has 4 aromatic heterocycles. The minimum absolute atomic E-state index is 1.11. The lowest BCUT2D eigenvalue weighted by molar-refractivity contribution is 0.795. The monoisotopic (exact) mass is 750 g/mol. The van der Waals surface area contributed by atoms with E-state index in [1.54, 1.807) is 0 Å². The van der Waals surface area contributed by atoms with Crippen LogP contribution in [0.4, 0.5) is 0 Å². The second-order valence-corrected chi connectivity index (χ2v) is 16.0. The van der Waals surface area contributed by atoms with E-state index in [4.69, 9.17) is 0 Å². The Morgan fingerprint density at radius 3 is 1.59 bits per heavy atom. The number of hydrogen-bond donors (Lipinski definition) is 1. The lowest BCUT2D eigenvalue weighted by atomic mass is 10.0. The maximum Gasteiger partial charge on any atom is 0.123 e. The zero-order chi connectivity index (χ0) is 38.7. The minimum Gasteiger partial charge on any atom is -0.347 e. The first-order valence-electron chi connectivity index (χ1n) is 21.1. The molecule has 4 heteroatoms. The molecular formula is C54H46N4. The van der Waals surface area contributed by atoms with Crippen LogP contribution in [0.2, 0.25) is 0 Å². The van der Waals surface area contributed by atoms with Gasteiger partial charge in [-0.05, 0) is 139 Å². The predicted molar refractivity (Wildman–Crippen MR) is 246 cm³/mol. The second kappa shape index (κ2) is 14.0. The number of rotatable bonds is 10. The van der Waals surface area contributed by atoms with E-state index < -0.39 is 0 Å². The van der Waals surface area contributed by atoms with E-state index in [1.165, 1.54) is 114 Å². The van der Waals surface area contributed by atoms with Gasteiger partial charge < -0.3 is 14.1 Å². The Morgan fingerprint density at radius 1 is 0.379 bits per heavy atom. The number of aryl methyl sites for hydroxylation is 2. The average molecular weight is 751 g/mol. The lowest BCUT2D eigenvalue weighted by Gasteiger charge is -2.12. The lowest BCUT2D eigenvalue weighted by Crippen LogP contribution is -1.98. The number of benzene rings is 7. The Bertz CT molecular complexity index is 3230. The molecule has 0 saturated heterocycles. The predicted octanol–water partition coefficient (Wildman–Crippen LogP) is 14.7. The zero-order valence-corrected chi connectivity index (χ0v) is 33.2. The van der Waals surface area contributed by atoms with E-state index in [9.17, 15) is 0 Å². The smallest absolute Gasteiger partial charge is 0.123 e. The van der Waals surface area contributed by atoms with Crippen LogP contribution in [0.15, 0.2) is 164 Å². The van der Waals surface area contributed by atoms with Crippen molar-refractivity contribution in [3.63, 3.8) is 0 Å². The molecule has 0 fully saturated rings. The summed E-state index contributed by atoms with van der Waals surface area (Å²) in [7, 11) is 0. The number of nitrogens with zero attached hydrogens (tertiary/aromatic N) is 3. The quantitative estimate of drug-likeness (QED) is 0.144. The van der Waals surface area contributed by atoms with Gasteiger partial charge in [-0.3, -0.25) is 4.57 Å². The molecule has 4 nitrogen and oxygen atoms in total. The van der Waals surface area contributed by atoms with Gasteiger partial charge in [-0.25, -0.2) is 0 Å². The van der Waals surface area contributed by atoms with Gasteiger partial charge in [-0.1, -0.05) is 93.4 Å². The number of aromatic nitrogens is 4. The van der Waals surface area contributed by atoms with Gasteiger partial charge in [0.05, 0.1) is 27.6 Å². The topological polar surface area (TPSA) is 30.6 Å². The van der Waals surface area contributed by atoms with E-state index in [0.29, 0.717) is 0 Å². The van der Waals surface area contributed by atoms with Crippen LogP contribution < -0.4 is 0 Å². The average Bonchev–Trinajstić information content (AvgIpc) is 4.04. The number of hydrogen-bond acceptors (Lipinski definition) is 0. The van der Waals surface area contributed by atoms with Crippen LogP contribution in [0, 0.1) is 0 Å². The molecule has 58 heavy (non-hydrogen) atoms. The summed E-state index contributed by atoms with van der Waals surface area (Å²) in [5, 5.41) is 7.70. The molecule has 11 rings (SSSR count). The van der Waals surface area contributed by atoms with Gasteiger partial charge in [0.2, 0.25) is 0 Å². The van der Waals surface area contributed by atoms with Crippen molar-refractivity contribution >= 4 is 65.5 Å². The summed E-state index contributed by atoms with van der Waals surface area (Å²) in [6.07, 6.45) is 9.12. The SMILES string of the molecule is CCCCc1ccc2c(c1)c1cc(CCCC)ccc1n2-c1ccc2c(c1)c1ccccc1n2-c1ccc(-n2c3ccc(-c4ccccc4)cc3c3cc[nH]c32)cc1. The van der Waals surface area contributed by atoms with Gasteiger partial charge in [0.15, 0.2) is 0 Å². The van der Waals surface area contributed by atoms with Crippen molar-refractivity contribution in [1.82, 2.24) is 18.7 Å². The van der Waals surface area contributed by atoms with Gasteiger partial charge in [0.1, 0.15) is 5.65 Å². The third kappa shape index (κ3) is 5.50. The molecule has 0 spiro atoms. The van der Waals surface area contributed by atoms with Gasteiger partial charge in [-0.15, -0.1) is 0 Å². The maximum absolute atomic E-state index is 3.54. The number of nitrogens with one attached hydrogen (secondary N) is 1. The van der Waals surface area contributed by atoms with E-state index in [-0.39, 0.29) is 0 Å². The highest BCUT2D eigenvalue weighted by Crippen LogP contribution is 2.39. The molecule has 282 valence electrons. The zero-order valence-electron chi connectivity index (χ0n) is 33.2. The van der Waals surface area contributed by atoms with Crippen LogP contribution in [-0.4, -0.2) is 18.7 Å². The molecule has 0 unspecified atom stereocenters. The largest absolute Gasteiger partial charge is 0.347 e. The van der Waals surface area contributed by atoms with Gasteiger partial charge in [-0.2, -0.15) is 0 Å². The molecule has 0 aliphatic rings. The van der Waals surface area contributed by atoms with Crippen molar-refractivity contribution in [2.24, 2.45) is 0 Å².